The maximum Gasteiger partial charge on any atom is 0.272 e. The molecule has 7 heteroatoms. The van der Waals surface area contributed by atoms with Crippen molar-refractivity contribution in [3.05, 3.63) is 67.1 Å². The van der Waals surface area contributed by atoms with Crippen LogP contribution in [0.4, 0.5) is 5.69 Å². The van der Waals surface area contributed by atoms with Crippen LogP contribution >= 0.6 is 34.5 Å². The molecule has 4 nitrogen and oxygen atoms in total. The van der Waals surface area contributed by atoms with Gasteiger partial charge in [-0.25, -0.2) is 4.98 Å². The largest absolute Gasteiger partial charge is 0.272 e. The highest BCUT2D eigenvalue weighted by Gasteiger charge is 2.16. The predicted octanol–water partition coefficient (Wildman–Crippen LogP) is 6.13. The number of aromatic nitrogens is 1. The van der Waals surface area contributed by atoms with E-state index in [2.05, 4.69) is 4.98 Å². The molecule has 0 atom stereocenters. The van der Waals surface area contributed by atoms with Crippen LogP contribution in [0.25, 0.3) is 10.2 Å². The van der Waals surface area contributed by atoms with Gasteiger partial charge in [0.2, 0.25) is 0 Å². The molecule has 120 valence electrons. The van der Waals surface area contributed by atoms with Gasteiger partial charge in [-0.3, -0.25) is 10.1 Å². The molecule has 0 amide bonds. The van der Waals surface area contributed by atoms with Crippen molar-refractivity contribution in [3.63, 3.8) is 0 Å². The molecule has 23 heavy (non-hydrogen) atoms. The summed E-state index contributed by atoms with van der Waals surface area (Å²) in [4.78, 5) is 14.8. The normalized spacial score (nSPS) is 10.3. The molecular formula is C16H14Cl2N2O2S. The van der Waals surface area contributed by atoms with E-state index in [4.69, 9.17) is 23.2 Å². The van der Waals surface area contributed by atoms with Crippen molar-refractivity contribution in [1.82, 2.24) is 4.98 Å². The van der Waals surface area contributed by atoms with Crippen molar-refractivity contribution < 1.29 is 4.92 Å². The molecule has 0 aliphatic carbocycles. The Morgan fingerprint density at radius 2 is 1.78 bits per heavy atom. The minimum atomic E-state index is -0.515. The summed E-state index contributed by atoms with van der Waals surface area (Å²) in [6.45, 7) is 4.00. The Labute approximate surface area is 147 Å². The van der Waals surface area contributed by atoms with Crippen molar-refractivity contribution in [3.8, 4) is 0 Å². The van der Waals surface area contributed by atoms with E-state index >= 15 is 0 Å². The van der Waals surface area contributed by atoms with E-state index in [-0.39, 0.29) is 15.7 Å². The number of para-hydroxylation sites is 1. The lowest BCUT2D eigenvalue weighted by atomic mass is 10.1. The summed E-state index contributed by atoms with van der Waals surface area (Å²) in [5, 5.41) is 12.2. The van der Waals surface area contributed by atoms with E-state index in [0.717, 1.165) is 15.2 Å². The van der Waals surface area contributed by atoms with E-state index in [0.29, 0.717) is 12.0 Å². The zero-order valence-electron chi connectivity index (χ0n) is 12.5. The molecule has 0 saturated carbocycles. The first-order chi connectivity index (χ1) is 11.0. The number of nitro groups is 1. The van der Waals surface area contributed by atoms with Gasteiger partial charge >= 0.3 is 0 Å². The molecule has 0 fully saturated rings. The Morgan fingerprint density at radius 3 is 2.35 bits per heavy atom. The number of rotatable bonds is 3. The molecule has 0 aliphatic rings. The van der Waals surface area contributed by atoms with Gasteiger partial charge in [0.05, 0.1) is 30.2 Å². The fourth-order valence-corrected chi connectivity index (χ4v) is 3.60. The fourth-order valence-electron chi connectivity index (χ4n) is 2.01. The van der Waals surface area contributed by atoms with Crippen LogP contribution in [0, 0.1) is 10.1 Å². The molecule has 0 radical (unpaired) electrons. The van der Waals surface area contributed by atoms with Gasteiger partial charge in [-0.2, -0.15) is 0 Å². The lowest BCUT2D eigenvalue weighted by molar-refractivity contribution is -0.384. The molecule has 0 N–H and O–H groups in total. The van der Waals surface area contributed by atoms with Crippen LogP contribution in [-0.2, 0) is 6.42 Å². The first-order valence-electron chi connectivity index (χ1n) is 7.01. The van der Waals surface area contributed by atoms with Crippen molar-refractivity contribution in [2.24, 2.45) is 0 Å². The van der Waals surface area contributed by atoms with Crippen LogP contribution in [0.15, 0.2) is 36.4 Å². The van der Waals surface area contributed by atoms with E-state index in [1.165, 1.54) is 12.1 Å². The molecule has 3 rings (SSSR count). The first kappa shape index (κ1) is 17.7. The average molecular weight is 369 g/mol. The second kappa shape index (κ2) is 7.73. The predicted molar refractivity (Wildman–Crippen MR) is 96.9 cm³/mol. The Hall–Kier alpha value is -1.69. The topological polar surface area (TPSA) is 56.0 Å². The highest BCUT2D eigenvalue weighted by molar-refractivity contribution is 7.18. The quantitative estimate of drug-likeness (QED) is 0.412. The van der Waals surface area contributed by atoms with Gasteiger partial charge in [-0.15, -0.1) is 11.3 Å². The smallest absolute Gasteiger partial charge is 0.258 e. The Kier molecular flexibility index (Phi) is 5.93. The van der Waals surface area contributed by atoms with Crippen molar-refractivity contribution >= 4 is 50.4 Å². The molecule has 0 unspecified atom stereocenters. The molecule has 0 aliphatic heterocycles. The fraction of sp³-hybridized carbons (Fsp3) is 0.188. The monoisotopic (exact) mass is 368 g/mol. The van der Waals surface area contributed by atoms with Crippen LogP contribution in [-0.4, -0.2) is 9.91 Å². The van der Waals surface area contributed by atoms with Gasteiger partial charge in [0, 0.05) is 18.6 Å². The number of non-ortho nitro benzene ring substituents is 1. The Balaban J connectivity index is 0.000000924. The van der Waals surface area contributed by atoms with Gasteiger partial charge in [0.15, 0.2) is 0 Å². The standard InChI is InChI=1S/C14H8Cl2N2O2S.C2H6/c15-10-5-8(18(19)20)6-11(16)9(10)7-14-17-12-3-1-2-4-13(12)21-14;1-2/h1-6H,7H2;1-2H3. The summed E-state index contributed by atoms with van der Waals surface area (Å²) >= 11 is 13.8. The molecule has 0 bridgehead atoms. The minimum absolute atomic E-state index is 0.113. The summed E-state index contributed by atoms with van der Waals surface area (Å²) in [6, 6.07) is 10.4. The van der Waals surface area contributed by atoms with Crippen LogP contribution in [0.1, 0.15) is 24.4 Å². The second-order valence-corrected chi connectivity index (χ2v) is 6.33. The molecule has 0 spiro atoms. The lowest BCUT2D eigenvalue weighted by Gasteiger charge is -2.05. The summed E-state index contributed by atoms with van der Waals surface area (Å²) in [5.41, 5.74) is 1.47. The maximum atomic E-state index is 10.8. The number of thiazole rings is 1. The summed E-state index contributed by atoms with van der Waals surface area (Å²) in [5.74, 6) is 0. The third-order valence-corrected chi connectivity index (χ3v) is 4.71. The third kappa shape index (κ3) is 3.99. The summed E-state index contributed by atoms with van der Waals surface area (Å²) in [7, 11) is 0. The number of hydrogen-bond acceptors (Lipinski definition) is 4. The molecule has 0 saturated heterocycles. The van der Waals surface area contributed by atoms with Crippen molar-refractivity contribution in [2.45, 2.75) is 20.3 Å². The number of fused-ring (bicyclic) bond motifs is 1. The van der Waals surface area contributed by atoms with Gasteiger partial charge in [-0.1, -0.05) is 49.2 Å². The van der Waals surface area contributed by atoms with Crippen LogP contribution in [0.5, 0.6) is 0 Å². The summed E-state index contributed by atoms with van der Waals surface area (Å²) in [6.07, 6.45) is 0.453. The number of halogens is 2. The second-order valence-electron chi connectivity index (χ2n) is 4.40. The molecule has 1 heterocycles. The van der Waals surface area contributed by atoms with Gasteiger partial charge in [0.25, 0.3) is 5.69 Å². The first-order valence-corrected chi connectivity index (χ1v) is 8.58. The Bertz CT molecular complexity index is 793. The molecule has 3 aromatic rings. The Morgan fingerprint density at radius 1 is 1.17 bits per heavy atom. The third-order valence-electron chi connectivity index (χ3n) is 3.00. The van der Waals surface area contributed by atoms with Gasteiger partial charge in [0.1, 0.15) is 0 Å². The highest BCUT2D eigenvalue weighted by atomic mass is 35.5. The van der Waals surface area contributed by atoms with E-state index < -0.39 is 4.92 Å². The SMILES string of the molecule is CC.O=[N+]([O-])c1cc(Cl)c(Cc2nc3ccccc3s2)c(Cl)c1. The van der Waals surface area contributed by atoms with Crippen LogP contribution < -0.4 is 0 Å². The molecular weight excluding hydrogens is 355 g/mol. The van der Waals surface area contributed by atoms with Gasteiger partial charge < -0.3 is 0 Å². The van der Waals surface area contributed by atoms with Gasteiger partial charge in [-0.05, 0) is 17.7 Å². The number of hydrogen-bond donors (Lipinski definition) is 0. The average Bonchev–Trinajstić information content (AvgIpc) is 2.95. The molecule has 2 aromatic carbocycles. The number of nitrogens with zero attached hydrogens (tertiary/aromatic N) is 2. The van der Waals surface area contributed by atoms with Crippen LogP contribution in [0.3, 0.4) is 0 Å². The van der Waals surface area contributed by atoms with Crippen molar-refractivity contribution in [1.29, 1.82) is 0 Å². The van der Waals surface area contributed by atoms with Crippen molar-refractivity contribution in [2.75, 3.05) is 0 Å². The van der Waals surface area contributed by atoms with E-state index in [9.17, 15) is 10.1 Å². The van der Waals surface area contributed by atoms with E-state index in [1.807, 2.05) is 38.1 Å². The minimum Gasteiger partial charge on any atom is -0.258 e. The van der Waals surface area contributed by atoms with Crippen LogP contribution in [0.2, 0.25) is 10.0 Å². The maximum absolute atomic E-state index is 10.8. The van der Waals surface area contributed by atoms with E-state index in [1.54, 1.807) is 11.3 Å². The number of nitro benzene ring substituents is 1. The number of benzene rings is 2. The zero-order chi connectivity index (χ0) is 17.0. The highest BCUT2D eigenvalue weighted by Crippen LogP contribution is 2.33. The lowest BCUT2D eigenvalue weighted by Crippen LogP contribution is -1.94. The molecule has 1 aromatic heterocycles. The zero-order valence-corrected chi connectivity index (χ0v) is 14.9. The summed E-state index contributed by atoms with van der Waals surface area (Å²) < 4.78 is 1.08.